The number of hydrogen-bond acceptors (Lipinski definition) is 3. The number of nitrogens with zero attached hydrogens (tertiary/aromatic N) is 1. The average molecular weight is 300 g/mol. The maximum atomic E-state index is 12.4. The second-order valence-electron chi connectivity index (χ2n) is 4.55. The number of hydrogen-bond donors (Lipinski definition) is 1. The van der Waals surface area contributed by atoms with Crippen molar-refractivity contribution in [3.63, 3.8) is 0 Å². The third kappa shape index (κ3) is 4.05. The summed E-state index contributed by atoms with van der Waals surface area (Å²) in [4.78, 5) is 3.88. The molecule has 0 aliphatic carbocycles. The molecule has 2 nitrogen and oxygen atoms in total. The Bertz CT molecular complexity index is 537. The summed E-state index contributed by atoms with van der Waals surface area (Å²) in [7, 11) is 0. The first-order chi connectivity index (χ1) is 9.47. The lowest BCUT2D eigenvalue weighted by Crippen LogP contribution is -2.08. The van der Waals surface area contributed by atoms with E-state index in [1.54, 1.807) is 0 Å². The molecule has 1 aromatic heterocycles. The monoisotopic (exact) mass is 300 g/mol. The van der Waals surface area contributed by atoms with E-state index in [0.29, 0.717) is 22.6 Å². The van der Waals surface area contributed by atoms with Gasteiger partial charge in [-0.3, -0.25) is 0 Å². The Morgan fingerprint density at radius 1 is 1.20 bits per heavy atom. The molecule has 0 saturated carbocycles. The fraction of sp³-hybridized carbons (Fsp3) is 0.357. The molecule has 2 rings (SSSR count). The normalized spacial score (nSPS) is 13.4. The number of alkyl halides is 3. The molecule has 0 aliphatic rings. The lowest BCUT2D eigenvalue weighted by molar-refractivity contribution is -0.137. The molecule has 0 bridgehead atoms. The van der Waals surface area contributed by atoms with E-state index < -0.39 is 11.2 Å². The zero-order valence-electron chi connectivity index (χ0n) is 10.7. The second-order valence-corrected chi connectivity index (χ2v) is 5.61. The number of nitrogens with two attached hydrogens (primary N) is 1. The topological polar surface area (TPSA) is 38.9 Å². The molecule has 108 valence electrons. The number of benzene rings is 1. The van der Waals surface area contributed by atoms with E-state index in [1.807, 2.05) is 30.3 Å². The van der Waals surface area contributed by atoms with Gasteiger partial charge in [-0.2, -0.15) is 13.2 Å². The maximum absolute atomic E-state index is 12.4. The van der Waals surface area contributed by atoms with Crippen molar-refractivity contribution < 1.29 is 13.2 Å². The molecule has 1 atom stereocenters. The first kappa shape index (κ1) is 15.0. The van der Waals surface area contributed by atoms with Crippen LogP contribution < -0.4 is 5.73 Å². The largest absolute Gasteiger partial charge is 0.443 e. The number of thiazole rings is 1. The van der Waals surface area contributed by atoms with Crippen LogP contribution in [0.4, 0.5) is 13.2 Å². The molecule has 0 spiro atoms. The van der Waals surface area contributed by atoms with Crippen molar-refractivity contribution in [3.8, 4) is 0 Å². The first-order valence-electron chi connectivity index (χ1n) is 6.29. The Labute approximate surface area is 119 Å². The lowest BCUT2D eigenvalue weighted by atomic mass is 10.0. The highest BCUT2D eigenvalue weighted by Gasteiger charge is 2.34. The highest BCUT2D eigenvalue weighted by molar-refractivity contribution is 7.11. The Morgan fingerprint density at radius 2 is 1.90 bits per heavy atom. The minimum atomic E-state index is -4.38. The van der Waals surface area contributed by atoms with Crippen LogP contribution in [0.1, 0.15) is 34.3 Å². The van der Waals surface area contributed by atoms with Crippen LogP contribution in [0.25, 0.3) is 0 Å². The van der Waals surface area contributed by atoms with Gasteiger partial charge in [0.15, 0.2) is 5.01 Å². The predicted octanol–water partition coefficient (Wildman–Crippen LogP) is 4.18. The molecule has 0 amide bonds. The second kappa shape index (κ2) is 6.37. The number of halogens is 3. The molecule has 1 aromatic carbocycles. The molecule has 2 N–H and O–H groups in total. The molecular weight excluding hydrogens is 285 g/mol. The van der Waals surface area contributed by atoms with Crippen molar-refractivity contribution in [2.24, 2.45) is 5.73 Å². The third-order valence-corrected chi connectivity index (χ3v) is 4.13. The van der Waals surface area contributed by atoms with Gasteiger partial charge in [0.05, 0.1) is 0 Å². The Morgan fingerprint density at radius 3 is 2.50 bits per heavy atom. The van der Waals surface area contributed by atoms with Gasteiger partial charge in [0.25, 0.3) is 0 Å². The summed E-state index contributed by atoms with van der Waals surface area (Å²) in [5.74, 6) is 0. The van der Waals surface area contributed by atoms with Crippen LogP contribution >= 0.6 is 11.3 Å². The van der Waals surface area contributed by atoms with E-state index in [2.05, 4.69) is 4.98 Å². The standard InChI is InChI=1S/C14H15F3N2S/c15-14(16,17)13-19-9-12(20-13)11(18)8-4-7-10-5-2-1-3-6-10/h1-3,5-6,9,11H,4,7-8,18H2. The summed E-state index contributed by atoms with van der Waals surface area (Å²) in [5.41, 5.74) is 7.13. The number of aryl methyl sites for hydroxylation is 1. The van der Waals surface area contributed by atoms with Crippen LogP contribution in [0, 0.1) is 0 Å². The van der Waals surface area contributed by atoms with E-state index in [-0.39, 0.29) is 6.04 Å². The zero-order chi connectivity index (χ0) is 14.6. The predicted molar refractivity (Wildman–Crippen MR) is 73.4 cm³/mol. The van der Waals surface area contributed by atoms with Gasteiger partial charge in [0.1, 0.15) is 0 Å². The Kier molecular flexibility index (Phi) is 4.77. The van der Waals surface area contributed by atoms with Crippen molar-refractivity contribution in [1.29, 1.82) is 0 Å². The van der Waals surface area contributed by atoms with E-state index in [4.69, 9.17) is 5.73 Å². The molecule has 0 fully saturated rings. The van der Waals surface area contributed by atoms with E-state index in [0.717, 1.165) is 12.8 Å². The lowest BCUT2D eigenvalue weighted by Gasteiger charge is -2.08. The van der Waals surface area contributed by atoms with Gasteiger partial charge in [-0.1, -0.05) is 30.3 Å². The summed E-state index contributed by atoms with van der Waals surface area (Å²) in [5, 5.41) is -0.828. The zero-order valence-corrected chi connectivity index (χ0v) is 11.5. The summed E-state index contributed by atoms with van der Waals surface area (Å²) in [6.45, 7) is 0. The highest BCUT2D eigenvalue weighted by Crippen LogP contribution is 2.34. The number of rotatable bonds is 5. The van der Waals surface area contributed by atoms with Gasteiger partial charge in [0, 0.05) is 17.1 Å². The van der Waals surface area contributed by atoms with Crippen molar-refractivity contribution in [2.75, 3.05) is 0 Å². The van der Waals surface area contributed by atoms with Gasteiger partial charge < -0.3 is 5.73 Å². The van der Waals surface area contributed by atoms with Crippen LogP contribution in [0.5, 0.6) is 0 Å². The van der Waals surface area contributed by atoms with Gasteiger partial charge in [-0.25, -0.2) is 4.98 Å². The summed E-state index contributed by atoms with van der Waals surface area (Å²) in [6, 6.07) is 9.56. The van der Waals surface area contributed by atoms with Crippen LogP contribution in [-0.4, -0.2) is 4.98 Å². The minimum Gasteiger partial charge on any atom is -0.323 e. The first-order valence-corrected chi connectivity index (χ1v) is 7.11. The van der Waals surface area contributed by atoms with Crippen molar-refractivity contribution in [1.82, 2.24) is 4.98 Å². The molecule has 0 radical (unpaired) electrons. The summed E-state index contributed by atoms with van der Waals surface area (Å²) >= 11 is 0.633. The Balaban J connectivity index is 1.86. The molecule has 20 heavy (non-hydrogen) atoms. The van der Waals surface area contributed by atoms with Crippen LogP contribution in [0.2, 0.25) is 0 Å². The fourth-order valence-corrected chi connectivity index (χ4v) is 2.72. The molecule has 6 heteroatoms. The maximum Gasteiger partial charge on any atom is 0.443 e. The van der Waals surface area contributed by atoms with Crippen LogP contribution in [0.15, 0.2) is 36.5 Å². The smallest absolute Gasteiger partial charge is 0.323 e. The quantitative estimate of drug-likeness (QED) is 0.899. The van der Waals surface area contributed by atoms with E-state index in [9.17, 15) is 13.2 Å². The van der Waals surface area contributed by atoms with Crippen molar-refractivity contribution in [3.05, 3.63) is 52.0 Å². The molecule has 0 saturated heterocycles. The SMILES string of the molecule is NC(CCCc1ccccc1)c1cnc(C(F)(F)F)s1. The molecule has 1 heterocycles. The van der Waals surface area contributed by atoms with Gasteiger partial charge in [0.2, 0.25) is 0 Å². The minimum absolute atomic E-state index is 0.382. The summed E-state index contributed by atoms with van der Waals surface area (Å²) < 4.78 is 37.3. The van der Waals surface area contributed by atoms with Gasteiger partial charge in [-0.15, -0.1) is 11.3 Å². The van der Waals surface area contributed by atoms with Crippen LogP contribution in [-0.2, 0) is 12.6 Å². The average Bonchev–Trinajstić information content (AvgIpc) is 2.89. The number of aromatic nitrogens is 1. The van der Waals surface area contributed by atoms with Gasteiger partial charge >= 0.3 is 6.18 Å². The van der Waals surface area contributed by atoms with E-state index >= 15 is 0 Å². The van der Waals surface area contributed by atoms with E-state index in [1.165, 1.54) is 11.8 Å². The molecule has 2 aromatic rings. The van der Waals surface area contributed by atoms with Crippen molar-refractivity contribution in [2.45, 2.75) is 31.5 Å². The summed E-state index contributed by atoms with van der Waals surface area (Å²) in [6.07, 6.45) is -0.786. The van der Waals surface area contributed by atoms with Crippen LogP contribution in [0.3, 0.4) is 0 Å². The molecular formula is C14H15F3N2S. The highest BCUT2D eigenvalue weighted by atomic mass is 32.1. The third-order valence-electron chi connectivity index (χ3n) is 2.95. The fourth-order valence-electron chi connectivity index (χ4n) is 1.90. The molecule has 1 unspecified atom stereocenters. The molecule has 0 aliphatic heterocycles. The van der Waals surface area contributed by atoms with Gasteiger partial charge in [-0.05, 0) is 24.8 Å². The van der Waals surface area contributed by atoms with Crippen molar-refractivity contribution >= 4 is 11.3 Å². The Hall–Kier alpha value is -1.40.